The molecule has 4 nitrogen and oxygen atoms in total. The van der Waals surface area contributed by atoms with Gasteiger partial charge in [-0.2, -0.15) is 11.8 Å². The molecule has 15 heavy (non-hydrogen) atoms. The number of hydrogen-bond acceptors (Lipinski definition) is 4. The first-order valence-corrected chi connectivity index (χ1v) is 6.76. The Morgan fingerprint density at radius 1 is 1.73 bits per heavy atom. The van der Waals surface area contributed by atoms with Gasteiger partial charge < -0.3 is 16.0 Å². The third kappa shape index (κ3) is 4.40. The van der Waals surface area contributed by atoms with Gasteiger partial charge in [-0.25, -0.2) is 0 Å². The Balaban J connectivity index is 2.22. The van der Waals surface area contributed by atoms with E-state index in [4.69, 9.17) is 5.73 Å². The first-order chi connectivity index (χ1) is 7.13. The van der Waals surface area contributed by atoms with Gasteiger partial charge in [-0.05, 0) is 38.4 Å². The molecular weight excluding hydrogens is 210 g/mol. The van der Waals surface area contributed by atoms with E-state index >= 15 is 0 Å². The Bertz CT molecular complexity index is 213. The Kier molecular flexibility index (Phi) is 5.42. The maximum Gasteiger partial charge on any atom is 0.237 e. The fourth-order valence-electron chi connectivity index (χ4n) is 1.74. The summed E-state index contributed by atoms with van der Waals surface area (Å²) in [6, 6.07) is -0.0498. The second kappa shape index (κ2) is 6.35. The minimum Gasteiger partial charge on any atom is -0.351 e. The van der Waals surface area contributed by atoms with Crippen molar-refractivity contribution < 1.29 is 4.79 Å². The van der Waals surface area contributed by atoms with E-state index in [1.165, 1.54) is 0 Å². The monoisotopic (exact) mass is 231 g/mol. The molecule has 3 N–H and O–H groups in total. The number of likely N-dealkylation sites (tertiary alicyclic amines) is 1. The Hall–Kier alpha value is -0.260. The molecule has 1 aliphatic rings. The minimum absolute atomic E-state index is 0.00403. The molecule has 0 radical (unpaired) electrons. The molecule has 5 heteroatoms. The molecule has 1 amide bonds. The summed E-state index contributed by atoms with van der Waals surface area (Å²) in [4.78, 5) is 13.9. The van der Waals surface area contributed by atoms with Crippen LogP contribution < -0.4 is 11.1 Å². The summed E-state index contributed by atoms with van der Waals surface area (Å²) in [6.45, 7) is 2.01. The Labute approximate surface area is 96.0 Å². The molecule has 0 bridgehead atoms. The summed E-state index contributed by atoms with van der Waals surface area (Å²) in [7, 11) is 2.07. The highest BCUT2D eigenvalue weighted by atomic mass is 32.2. The molecule has 0 aromatic heterocycles. The van der Waals surface area contributed by atoms with Gasteiger partial charge in [0, 0.05) is 12.6 Å². The highest BCUT2D eigenvalue weighted by molar-refractivity contribution is 7.98. The van der Waals surface area contributed by atoms with Crippen LogP contribution in [0.3, 0.4) is 0 Å². The number of thioether (sulfide) groups is 1. The highest BCUT2D eigenvalue weighted by Gasteiger charge is 2.23. The zero-order valence-corrected chi connectivity index (χ0v) is 10.3. The van der Waals surface area contributed by atoms with Crippen LogP contribution in [0.5, 0.6) is 0 Å². The third-order valence-electron chi connectivity index (χ3n) is 2.71. The van der Waals surface area contributed by atoms with Crippen molar-refractivity contribution >= 4 is 17.7 Å². The maximum atomic E-state index is 11.6. The van der Waals surface area contributed by atoms with Crippen LogP contribution in [-0.4, -0.2) is 55.0 Å². The Morgan fingerprint density at radius 3 is 3.00 bits per heavy atom. The van der Waals surface area contributed by atoms with E-state index < -0.39 is 0 Å². The van der Waals surface area contributed by atoms with E-state index in [9.17, 15) is 4.79 Å². The van der Waals surface area contributed by atoms with Crippen LogP contribution >= 0.6 is 11.8 Å². The lowest BCUT2D eigenvalue weighted by atomic mass is 10.2. The predicted octanol–water partition coefficient (Wildman–Crippen LogP) is -0.113. The van der Waals surface area contributed by atoms with Crippen LogP contribution in [0.25, 0.3) is 0 Å². The molecular formula is C10H21N3OS. The molecule has 1 unspecified atom stereocenters. The van der Waals surface area contributed by atoms with Gasteiger partial charge in [-0.1, -0.05) is 0 Å². The molecule has 1 heterocycles. The fourth-order valence-corrected chi connectivity index (χ4v) is 2.23. The normalized spacial score (nSPS) is 24.1. The van der Waals surface area contributed by atoms with E-state index in [-0.39, 0.29) is 11.9 Å². The number of carbonyl (C=O) groups is 1. The lowest BCUT2D eigenvalue weighted by molar-refractivity contribution is -0.123. The number of amides is 1. The van der Waals surface area contributed by atoms with Crippen molar-refractivity contribution in [1.82, 2.24) is 10.2 Å². The lowest BCUT2D eigenvalue weighted by Gasteiger charge is -2.16. The molecule has 1 fully saturated rings. The van der Waals surface area contributed by atoms with E-state index in [1.54, 1.807) is 11.8 Å². The van der Waals surface area contributed by atoms with Crippen LogP contribution in [0.4, 0.5) is 0 Å². The molecule has 2 atom stereocenters. The Morgan fingerprint density at radius 2 is 2.47 bits per heavy atom. The molecule has 88 valence electrons. The number of rotatable bonds is 5. The standard InChI is InChI=1S/C10H21N3OS/c1-13-5-3-8(7-13)12-10(14)9(11)4-6-15-2/h8-9H,3-7,11H2,1-2H3,(H,12,14)/t8?,9-/m0/s1. The van der Waals surface area contributed by atoms with Crippen molar-refractivity contribution in [2.75, 3.05) is 32.1 Å². The van der Waals surface area contributed by atoms with E-state index in [0.717, 1.165) is 31.7 Å². The van der Waals surface area contributed by atoms with Gasteiger partial charge in [-0.15, -0.1) is 0 Å². The third-order valence-corrected chi connectivity index (χ3v) is 3.35. The average Bonchev–Trinajstić information content (AvgIpc) is 2.60. The SMILES string of the molecule is CSCC[C@H](N)C(=O)NC1CCN(C)C1. The number of likely N-dealkylation sites (N-methyl/N-ethyl adjacent to an activating group) is 1. The summed E-state index contributed by atoms with van der Waals surface area (Å²) >= 11 is 1.72. The van der Waals surface area contributed by atoms with Crippen molar-refractivity contribution in [3.63, 3.8) is 0 Å². The average molecular weight is 231 g/mol. The van der Waals surface area contributed by atoms with E-state index in [0.29, 0.717) is 6.04 Å². The second-order valence-corrected chi connectivity index (χ2v) is 5.13. The number of carbonyl (C=O) groups excluding carboxylic acids is 1. The maximum absolute atomic E-state index is 11.6. The minimum atomic E-state index is -0.344. The van der Waals surface area contributed by atoms with Crippen molar-refractivity contribution in [2.45, 2.75) is 24.9 Å². The number of hydrogen-bond donors (Lipinski definition) is 2. The van der Waals surface area contributed by atoms with Crippen LogP contribution in [0, 0.1) is 0 Å². The zero-order chi connectivity index (χ0) is 11.3. The smallest absolute Gasteiger partial charge is 0.237 e. The predicted molar refractivity (Wildman–Crippen MR) is 65.0 cm³/mol. The highest BCUT2D eigenvalue weighted by Crippen LogP contribution is 2.06. The fraction of sp³-hybridized carbons (Fsp3) is 0.900. The van der Waals surface area contributed by atoms with Gasteiger partial charge >= 0.3 is 0 Å². The van der Waals surface area contributed by atoms with Crippen LogP contribution in [0.1, 0.15) is 12.8 Å². The number of nitrogens with two attached hydrogens (primary N) is 1. The second-order valence-electron chi connectivity index (χ2n) is 4.14. The molecule has 0 aromatic carbocycles. The molecule has 1 saturated heterocycles. The van der Waals surface area contributed by atoms with Crippen molar-refractivity contribution in [3.8, 4) is 0 Å². The molecule has 1 aliphatic heterocycles. The zero-order valence-electron chi connectivity index (χ0n) is 9.53. The molecule has 0 spiro atoms. The summed E-state index contributed by atoms with van der Waals surface area (Å²) in [5.74, 6) is 0.948. The summed E-state index contributed by atoms with van der Waals surface area (Å²) in [5.41, 5.74) is 5.78. The van der Waals surface area contributed by atoms with Crippen LogP contribution in [0.15, 0.2) is 0 Å². The lowest BCUT2D eigenvalue weighted by Crippen LogP contribution is -2.46. The van der Waals surface area contributed by atoms with E-state index in [1.807, 2.05) is 6.26 Å². The van der Waals surface area contributed by atoms with Crippen molar-refractivity contribution in [2.24, 2.45) is 5.73 Å². The summed E-state index contributed by atoms with van der Waals surface area (Å²) in [6.07, 6.45) is 3.82. The molecule has 1 rings (SSSR count). The van der Waals surface area contributed by atoms with Gasteiger partial charge in [0.25, 0.3) is 0 Å². The summed E-state index contributed by atoms with van der Waals surface area (Å²) in [5, 5.41) is 3.00. The first kappa shape index (κ1) is 12.8. The van der Waals surface area contributed by atoms with Crippen molar-refractivity contribution in [3.05, 3.63) is 0 Å². The van der Waals surface area contributed by atoms with Gasteiger partial charge in [-0.3, -0.25) is 4.79 Å². The van der Waals surface area contributed by atoms with Gasteiger partial charge in [0.1, 0.15) is 0 Å². The topological polar surface area (TPSA) is 58.4 Å². The van der Waals surface area contributed by atoms with Crippen molar-refractivity contribution in [1.29, 1.82) is 0 Å². The molecule has 0 aliphatic carbocycles. The van der Waals surface area contributed by atoms with Gasteiger partial charge in [0.05, 0.1) is 6.04 Å². The van der Waals surface area contributed by atoms with Gasteiger partial charge in [0.2, 0.25) is 5.91 Å². The first-order valence-electron chi connectivity index (χ1n) is 5.37. The number of nitrogens with one attached hydrogen (secondary N) is 1. The molecule has 0 saturated carbocycles. The largest absolute Gasteiger partial charge is 0.351 e. The van der Waals surface area contributed by atoms with Gasteiger partial charge in [0.15, 0.2) is 0 Å². The number of nitrogens with zero attached hydrogens (tertiary/aromatic N) is 1. The van der Waals surface area contributed by atoms with E-state index in [2.05, 4.69) is 17.3 Å². The van der Waals surface area contributed by atoms with Crippen LogP contribution in [-0.2, 0) is 4.79 Å². The van der Waals surface area contributed by atoms with Crippen LogP contribution in [0.2, 0.25) is 0 Å². The quantitative estimate of drug-likeness (QED) is 0.693. The molecule has 0 aromatic rings. The summed E-state index contributed by atoms with van der Waals surface area (Å²) < 4.78 is 0.